The van der Waals surface area contributed by atoms with Crippen molar-refractivity contribution < 1.29 is 5.11 Å². The number of aliphatic imine (C=N–C) groups is 1. The molecule has 0 saturated carbocycles. The normalized spacial score (nSPS) is 14.9. The summed E-state index contributed by atoms with van der Waals surface area (Å²) in [6.45, 7) is 5.23. The fourth-order valence-electron chi connectivity index (χ4n) is 0.285. The van der Waals surface area contributed by atoms with Crippen LogP contribution < -0.4 is 0 Å². The van der Waals surface area contributed by atoms with E-state index in [9.17, 15) is 0 Å². The Labute approximate surface area is 55.2 Å². The summed E-state index contributed by atoms with van der Waals surface area (Å²) in [7, 11) is 0. The molecule has 0 aromatic carbocycles. The van der Waals surface area contributed by atoms with Gasteiger partial charge < -0.3 is 5.11 Å². The Hall–Kier alpha value is -0.890. The molecule has 0 radical (unpaired) electrons. The predicted molar refractivity (Wildman–Crippen MR) is 39.5 cm³/mol. The summed E-state index contributed by atoms with van der Waals surface area (Å²) in [4.78, 5) is 3.66. The van der Waals surface area contributed by atoms with Crippen LogP contribution in [0.1, 0.15) is 6.92 Å². The van der Waals surface area contributed by atoms with Gasteiger partial charge in [-0.15, -0.1) is 0 Å². The zero-order valence-electron chi connectivity index (χ0n) is 5.49. The first-order chi connectivity index (χ1) is 4.31. The highest BCUT2D eigenvalue weighted by atomic mass is 16.3. The fraction of sp³-hybridized carbons (Fsp3) is 0.286. The molecule has 1 N–H and O–H groups in total. The first-order valence-electron chi connectivity index (χ1n) is 2.76. The van der Waals surface area contributed by atoms with Gasteiger partial charge in [0.15, 0.2) is 6.23 Å². The van der Waals surface area contributed by atoms with Gasteiger partial charge in [0, 0.05) is 6.21 Å². The Morgan fingerprint density at radius 2 is 2.33 bits per heavy atom. The van der Waals surface area contributed by atoms with E-state index in [0.29, 0.717) is 0 Å². The number of rotatable bonds is 3. The first kappa shape index (κ1) is 8.11. The minimum absolute atomic E-state index is 0.763. The van der Waals surface area contributed by atoms with E-state index < -0.39 is 6.23 Å². The van der Waals surface area contributed by atoms with Crippen molar-refractivity contribution in [3.8, 4) is 0 Å². The second kappa shape index (κ2) is 5.25. The average molecular weight is 125 g/mol. The molecule has 0 aliphatic carbocycles. The van der Waals surface area contributed by atoms with E-state index in [-0.39, 0.29) is 0 Å². The molecule has 2 heteroatoms. The van der Waals surface area contributed by atoms with Gasteiger partial charge in [0.05, 0.1) is 0 Å². The Morgan fingerprint density at radius 3 is 2.78 bits per heavy atom. The van der Waals surface area contributed by atoms with Gasteiger partial charge >= 0.3 is 0 Å². The number of nitrogens with zero attached hydrogens (tertiary/aromatic N) is 1. The van der Waals surface area contributed by atoms with E-state index in [4.69, 9.17) is 5.11 Å². The zero-order valence-corrected chi connectivity index (χ0v) is 5.49. The lowest BCUT2D eigenvalue weighted by Gasteiger charge is -1.91. The third kappa shape index (κ3) is 4.97. The van der Waals surface area contributed by atoms with Gasteiger partial charge in [-0.1, -0.05) is 12.7 Å². The quantitative estimate of drug-likeness (QED) is 0.445. The average Bonchev–Trinajstić information content (AvgIpc) is 1.89. The van der Waals surface area contributed by atoms with Crippen LogP contribution in [0.15, 0.2) is 29.8 Å². The summed E-state index contributed by atoms with van der Waals surface area (Å²) < 4.78 is 0. The molecule has 0 amide bonds. The Kier molecular flexibility index (Phi) is 4.73. The molecule has 0 aliphatic rings. The molecule has 0 bridgehead atoms. The molecule has 0 aromatic rings. The Bertz CT molecular complexity index is 127. The highest BCUT2D eigenvalue weighted by Gasteiger charge is 1.84. The second-order valence-electron chi connectivity index (χ2n) is 1.47. The third-order valence-corrected chi connectivity index (χ3v) is 0.728. The van der Waals surface area contributed by atoms with E-state index in [0.717, 1.165) is 0 Å². The summed E-state index contributed by atoms with van der Waals surface area (Å²) >= 11 is 0. The van der Waals surface area contributed by atoms with Crippen LogP contribution in [0.4, 0.5) is 0 Å². The maximum absolute atomic E-state index is 8.73. The van der Waals surface area contributed by atoms with Crippen molar-refractivity contribution in [3.63, 3.8) is 0 Å². The van der Waals surface area contributed by atoms with Gasteiger partial charge in [-0.3, -0.25) is 4.99 Å². The van der Waals surface area contributed by atoms with E-state index in [1.165, 1.54) is 12.3 Å². The predicted octanol–water partition coefficient (Wildman–Crippen LogP) is 1.14. The van der Waals surface area contributed by atoms with Crippen LogP contribution in [0, 0.1) is 0 Å². The molecule has 1 atom stereocenters. The minimum atomic E-state index is -0.763. The van der Waals surface area contributed by atoms with E-state index in [1.54, 1.807) is 6.08 Å². The molecular formula is C7H11NO. The molecule has 0 aliphatic heterocycles. The fourth-order valence-corrected chi connectivity index (χ4v) is 0.285. The van der Waals surface area contributed by atoms with Crippen LogP contribution in [-0.4, -0.2) is 17.5 Å². The van der Waals surface area contributed by atoms with Crippen molar-refractivity contribution in [2.75, 3.05) is 0 Å². The zero-order chi connectivity index (χ0) is 7.11. The number of aliphatic hydroxyl groups is 1. The third-order valence-electron chi connectivity index (χ3n) is 0.728. The second-order valence-corrected chi connectivity index (χ2v) is 1.47. The van der Waals surface area contributed by atoms with Crippen LogP contribution in [0.25, 0.3) is 0 Å². The molecule has 0 spiro atoms. The molecule has 0 saturated heterocycles. The molecule has 50 valence electrons. The molecule has 1 unspecified atom stereocenters. The smallest absolute Gasteiger partial charge is 0.163 e. The standard InChI is InChI=1S/C7H11NO/c1-3-5-6-8-7(9)4-2/h3-7,9H,2H2,1H3/b5-3-,8-6?. The number of hydrogen-bond donors (Lipinski definition) is 1. The molecule has 0 fully saturated rings. The lowest BCUT2D eigenvalue weighted by atomic mass is 10.5. The van der Waals surface area contributed by atoms with Gasteiger partial charge in [-0.25, -0.2) is 0 Å². The van der Waals surface area contributed by atoms with Gasteiger partial charge in [0.2, 0.25) is 0 Å². The molecule has 9 heavy (non-hydrogen) atoms. The minimum Gasteiger partial charge on any atom is -0.368 e. The van der Waals surface area contributed by atoms with E-state index in [1.807, 2.05) is 13.0 Å². The van der Waals surface area contributed by atoms with Crippen LogP contribution in [-0.2, 0) is 0 Å². The first-order valence-corrected chi connectivity index (χ1v) is 2.76. The maximum Gasteiger partial charge on any atom is 0.163 e. The summed E-state index contributed by atoms with van der Waals surface area (Å²) in [5.41, 5.74) is 0. The highest BCUT2D eigenvalue weighted by Crippen LogP contribution is 1.82. The van der Waals surface area contributed by atoms with Gasteiger partial charge in [0.25, 0.3) is 0 Å². The summed E-state index contributed by atoms with van der Waals surface area (Å²) in [5.74, 6) is 0. The molecule has 0 rings (SSSR count). The SMILES string of the molecule is C=CC(O)N=C/C=C\C. The summed E-state index contributed by atoms with van der Waals surface area (Å²) in [6, 6.07) is 0. The topological polar surface area (TPSA) is 32.6 Å². The van der Waals surface area contributed by atoms with E-state index >= 15 is 0 Å². The van der Waals surface area contributed by atoms with Gasteiger partial charge in [-0.05, 0) is 19.1 Å². The largest absolute Gasteiger partial charge is 0.368 e. The van der Waals surface area contributed by atoms with Crippen LogP contribution in [0.5, 0.6) is 0 Å². The van der Waals surface area contributed by atoms with Crippen LogP contribution in [0.2, 0.25) is 0 Å². The molecule has 0 aromatic heterocycles. The van der Waals surface area contributed by atoms with Crippen molar-refractivity contribution in [2.24, 2.45) is 4.99 Å². The van der Waals surface area contributed by atoms with Gasteiger partial charge in [0.1, 0.15) is 0 Å². The maximum atomic E-state index is 8.73. The van der Waals surface area contributed by atoms with Crippen molar-refractivity contribution in [2.45, 2.75) is 13.2 Å². The van der Waals surface area contributed by atoms with Crippen molar-refractivity contribution in [1.29, 1.82) is 0 Å². The number of hydrogen-bond acceptors (Lipinski definition) is 2. The Morgan fingerprint density at radius 1 is 1.67 bits per heavy atom. The highest BCUT2D eigenvalue weighted by molar-refractivity contribution is 5.70. The lowest BCUT2D eigenvalue weighted by molar-refractivity contribution is 0.235. The summed E-state index contributed by atoms with van der Waals surface area (Å²) in [5, 5.41) is 8.73. The van der Waals surface area contributed by atoms with Crippen molar-refractivity contribution in [3.05, 3.63) is 24.8 Å². The number of aliphatic hydroxyl groups excluding tert-OH is 1. The van der Waals surface area contributed by atoms with Crippen LogP contribution in [0.3, 0.4) is 0 Å². The Balaban J connectivity index is 3.55. The van der Waals surface area contributed by atoms with E-state index in [2.05, 4.69) is 11.6 Å². The monoisotopic (exact) mass is 125 g/mol. The van der Waals surface area contributed by atoms with Gasteiger partial charge in [-0.2, -0.15) is 0 Å². The van der Waals surface area contributed by atoms with Crippen molar-refractivity contribution in [1.82, 2.24) is 0 Å². The summed E-state index contributed by atoms with van der Waals surface area (Å²) in [6.07, 6.45) is 5.71. The van der Waals surface area contributed by atoms with Crippen molar-refractivity contribution >= 4 is 6.21 Å². The van der Waals surface area contributed by atoms with Crippen LogP contribution >= 0.6 is 0 Å². The molecular weight excluding hydrogens is 114 g/mol. The lowest BCUT2D eigenvalue weighted by Crippen LogP contribution is -1.94. The number of allylic oxidation sites excluding steroid dienone is 2. The molecule has 2 nitrogen and oxygen atoms in total. The molecule has 0 heterocycles.